The molecule has 1 aromatic rings. The zero-order chi connectivity index (χ0) is 15.4. The number of thioether (sulfide) groups is 2. The maximum absolute atomic E-state index is 12.6. The van der Waals surface area contributed by atoms with Gasteiger partial charge in [0.1, 0.15) is 0 Å². The topological polar surface area (TPSA) is 23.6 Å². The van der Waals surface area contributed by atoms with Gasteiger partial charge in [-0.3, -0.25) is 4.79 Å². The summed E-state index contributed by atoms with van der Waals surface area (Å²) in [7, 11) is 2.13. The highest BCUT2D eigenvalue weighted by Gasteiger charge is 2.20. The number of nitrogens with zero attached hydrogens (tertiary/aromatic N) is 2. The Morgan fingerprint density at radius 1 is 1.00 bits per heavy atom. The summed E-state index contributed by atoms with van der Waals surface area (Å²) < 4.78 is 0.546. The smallest absolute Gasteiger partial charge is 0.253 e. The maximum Gasteiger partial charge on any atom is 0.253 e. The van der Waals surface area contributed by atoms with Gasteiger partial charge < -0.3 is 9.80 Å². The van der Waals surface area contributed by atoms with Crippen LogP contribution in [0.4, 0.5) is 0 Å². The first-order chi connectivity index (χ1) is 10.7. The molecule has 0 N–H and O–H groups in total. The second kappa shape index (κ2) is 7.75. The Morgan fingerprint density at radius 2 is 1.73 bits per heavy atom. The van der Waals surface area contributed by atoms with Crippen molar-refractivity contribution in [1.82, 2.24) is 9.80 Å². The van der Waals surface area contributed by atoms with E-state index in [4.69, 9.17) is 0 Å². The molecule has 0 unspecified atom stereocenters. The summed E-state index contributed by atoms with van der Waals surface area (Å²) in [6.45, 7) is 3.77. The van der Waals surface area contributed by atoms with Gasteiger partial charge in [-0.1, -0.05) is 12.1 Å². The van der Waals surface area contributed by atoms with Crippen LogP contribution in [-0.4, -0.2) is 60.4 Å². The predicted molar refractivity (Wildman–Crippen MR) is 96.7 cm³/mol. The number of hydrogen-bond donors (Lipinski definition) is 0. The van der Waals surface area contributed by atoms with Crippen molar-refractivity contribution in [2.24, 2.45) is 0 Å². The summed E-state index contributed by atoms with van der Waals surface area (Å²) >= 11 is 4.05. The van der Waals surface area contributed by atoms with Crippen LogP contribution in [0.1, 0.15) is 33.3 Å². The minimum Gasteiger partial charge on any atom is -0.337 e. The van der Waals surface area contributed by atoms with Crippen molar-refractivity contribution in [3.8, 4) is 0 Å². The Hall–Kier alpha value is -0.650. The Morgan fingerprint density at radius 3 is 2.45 bits per heavy atom. The number of rotatable bonds is 2. The van der Waals surface area contributed by atoms with Crippen molar-refractivity contribution in [1.29, 1.82) is 0 Å². The minimum absolute atomic E-state index is 0.186. The maximum atomic E-state index is 12.6. The van der Waals surface area contributed by atoms with Gasteiger partial charge in [-0.2, -0.15) is 0 Å². The average Bonchev–Trinajstić information content (AvgIpc) is 2.80. The molecular formula is C17H24N2OS2. The summed E-state index contributed by atoms with van der Waals surface area (Å²) in [6.07, 6.45) is 2.38. The third kappa shape index (κ3) is 4.00. The van der Waals surface area contributed by atoms with Gasteiger partial charge in [-0.15, -0.1) is 23.5 Å². The van der Waals surface area contributed by atoms with Crippen LogP contribution < -0.4 is 0 Å². The number of hydrogen-bond acceptors (Lipinski definition) is 4. The van der Waals surface area contributed by atoms with E-state index in [1.54, 1.807) is 0 Å². The molecule has 0 radical (unpaired) electrons. The van der Waals surface area contributed by atoms with Crippen LogP contribution in [0, 0.1) is 0 Å². The standard InChI is InChI=1S/C17H24N2OS2/c1-18-8-2-9-19(11-10-18)16(20)14-4-6-15(7-5-14)17-21-12-3-13-22-17/h4-7,17H,2-3,8-13H2,1H3. The molecule has 0 aliphatic carbocycles. The number of amides is 1. The number of benzene rings is 1. The highest BCUT2D eigenvalue weighted by Crippen LogP contribution is 2.43. The van der Waals surface area contributed by atoms with Gasteiger partial charge in [0.25, 0.3) is 5.91 Å². The molecule has 3 rings (SSSR count). The molecule has 1 aromatic carbocycles. The molecule has 120 valence electrons. The lowest BCUT2D eigenvalue weighted by Gasteiger charge is -2.22. The second-order valence-corrected chi connectivity index (χ2v) is 8.72. The monoisotopic (exact) mass is 336 g/mol. The average molecular weight is 337 g/mol. The largest absolute Gasteiger partial charge is 0.337 e. The zero-order valence-corrected chi connectivity index (χ0v) is 14.8. The van der Waals surface area contributed by atoms with Crippen molar-refractivity contribution >= 4 is 29.4 Å². The SMILES string of the molecule is CN1CCCN(C(=O)c2ccc(C3SCCCS3)cc2)CC1. The minimum atomic E-state index is 0.186. The zero-order valence-electron chi connectivity index (χ0n) is 13.2. The van der Waals surface area contributed by atoms with Gasteiger partial charge >= 0.3 is 0 Å². The van der Waals surface area contributed by atoms with E-state index >= 15 is 0 Å². The molecule has 2 saturated heterocycles. The van der Waals surface area contributed by atoms with Gasteiger partial charge in [-0.25, -0.2) is 0 Å². The summed E-state index contributed by atoms with van der Waals surface area (Å²) in [4.78, 5) is 16.9. The molecule has 0 spiro atoms. The number of carbonyl (C=O) groups is 1. The van der Waals surface area contributed by atoms with Crippen molar-refractivity contribution < 1.29 is 4.79 Å². The fourth-order valence-electron chi connectivity index (χ4n) is 2.90. The molecule has 2 heterocycles. The highest BCUT2D eigenvalue weighted by molar-refractivity contribution is 8.16. The van der Waals surface area contributed by atoms with E-state index in [-0.39, 0.29) is 5.91 Å². The Kier molecular flexibility index (Phi) is 5.71. The molecule has 3 nitrogen and oxygen atoms in total. The summed E-state index contributed by atoms with van der Waals surface area (Å²) in [5.41, 5.74) is 2.18. The van der Waals surface area contributed by atoms with Crippen molar-refractivity contribution in [3.63, 3.8) is 0 Å². The first kappa shape index (κ1) is 16.2. The number of likely N-dealkylation sites (N-methyl/N-ethyl adjacent to an activating group) is 1. The van der Waals surface area contributed by atoms with E-state index in [0.717, 1.165) is 38.2 Å². The van der Waals surface area contributed by atoms with Gasteiger partial charge in [0.05, 0.1) is 4.58 Å². The van der Waals surface area contributed by atoms with E-state index in [1.165, 1.54) is 23.5 Å². The fourth-order valence-corrected chi connectivity index (χ4v) is 5.79. The lowest BCUT2D eigenvalue weighted by Crippen LogP contribution is -2.34. The Labute approximate surface area is 141 Å². The molecular weight excluding hydrogens is 312 g/mol. The highest BCUT2D eigenvalue weighted by atomic mass is 32.2. The first-order valence-electron chi connectivity index (χ1n) is 8.05. The van der Waals surface area contributed by atoms with Gasteiger partial charge in [0.2, 0.25) is 0 Å². The van der Waals surface area contributed by atoms with E-state index in [1.807, 2.05) is 40.6 Å². The second-order valence-electron chi connectivity index (χ2n) is 6.00. The van der Waals surface area contributed by atoms with Crippen LogP contribution in [0.15, 0.2) is 24.3 Å². The predicted octanol–water partition coefficient (Wildman–Crippen LogP) is 3.33. The third-order valence-corrected chi connectivity index (χ3v) is 7.28. The Balaban J connectivity index is 1.65. The third-order valence-electron chi connectivity index (χ3n) is 4.26. The molecule has 0 saturated carbocycles. The summed E-state index contributed by atoms with van der Waals surface area (Å²) in [6, 6.07) is 8.32. The van der Waals surface area contributed by atoms with Crippen LogP contribution in [0.25, 0.3) is 0 Å². The molecule has 5 heteroatoms. The fraction of sp³-hybridized carbons (Fsp3) is 0.588. The van der Waals surface area contributed by atoms with Gasteiger partial charge in [-0.05, 0) is 55.6 Å². The molecule has 1 amide bonds. The lowest BCUT2D eigenvalue weighted by molar-refractivity contribution is 0.0763. The van der Waals surface area contributed by atoms with Crippen molar-refractivity contribution in [2.45, 2.75) is 17.4 Å². The first-order valence-corrected chi connectivity index (χ1v) is 10.1. The molecule has 2 aliphatic rings. The van der Waals surface area contributed by atoms with E-state index in [2.05, 4.69) is 24.1 Å². The molecule has 0 aromatic heterocycles. The Bertz CT molecular complexity index is 500. The molecule has 0 bridgehead atoms. The lowest BCUT2D eigenvalue weighted by atomic mass is 10.1. The molecule has 2 fully saturated rings. The van der Waals surface area contributed by atoms with Crippen LogP contribution in [-0.2, 0) is 0 Å². The van der Waals surface area contributed by atoms with E-state index < -0.39 is 0 Å². The molecule has 0 atom stereocenters. The number of carbonyl (C=O) groups excluding carboxylic acids is 1. The van der Waals surface area contributed by atoms with Gasteiger partial charge in [0.15, 0.2) is 0 Å². The van der Waals surface area contributed by atoms with Crippen LogP contribution >= 0.6 is 23.5 Å². The van der Waals surface area contributed by atoms with Crippen LogP contribution in [0.5, 0.6) is 0 Å². The van der Waals surface area contributed by atoms with E-state index in [0.29, 0.717) is 4.58 Å². The summed E-state index contributed by atoms with van der Waals surface area (Å²) in [5.74, 6) is 2.69. The molecule has 2 aliphatic heterocycles. The van der Waals surface area contributed by atoms with E-state index in [9.17, 15) is 4.79 Å². The molecule has 22 heavy (non-hydrogen) atoms. The van der Waals surface area contributed by atoms with Gasteiger partial charge in [0, 0.05) is 25.2 Å². The van der Waals surface area contributed by atoms with Crippen molar-refractivity contribution in [2.75, 3.05) is 44.7 Å². The van der Waals surface area contributed by atoms with Crippen LogP contribution in [0.3, 0.4) is 0 Å². The summed E-state index contributed by atoms with van der Waals surface area (Å²) in [5, 5.41) is 0. The quantitative estimate of drug-likeness (QED) is 0.826. The van der Waals surface area contributed by atoms with Crippen LogP contribution in [0.2, 0.25) is 0 Å². The van der Waals surface area contributed by atoms with Crippen molar-refractivity contribution in [3.05, 3.63) is 35.4 Å². The normalized spacial score (nSPS) is 21.6.